The Morgan fingerprint density at radius 1 is 1.39 bits per heavy atom. The van der Waals surface area contributed by atoms with E-state index in [4.69, 9.17) is 9.84 Å². The van der Waals surface area contributed by atoms with Gasteiger partial charge in [0.05, 0.1) is 23.1 Å². The number of halogens is 1. The van der Waals surface area contributed by atoms with Gasteiger partial charge in [-0.1, -0.05) is 6.92 Å². The van der Waals surface area contributed by atoms with Crippen LogP contribution in [0, 0.1) is 11.3 Å². The molecule has 2 fully saturated rings. The maximum atomic E-state index is 5.39. The van der Waals surface area contributed by atoms with E-state index >= 15 is 0 Å². The molecule has 0 radical (unpaired) electrons. The van der Waals surface area contributed by atoms with E-state index in [0.29, 0.717) is 17.4 Å². The van der Waals surface area contributed by atoms with Gasteiger partial charge in [0.25, 0.3) is 0 Å². The lowest BCUT2D eigenvalue weighted by Crippen LogP contribution is -2.35. The molecule has 1 aromatic heterocycles. The molecule has 5 heteroatoms. The van der Waals surface area contributed by atoms with Crippen LogP contribution in [0.2, 0.25) is 0 Å². The first-order chi connectivity index (χ1) is 11.1. The third-order valence-corrected chi connectivity index (χ3v) is 6.47. The molecule has 0 amide bonds. The van der Waals surface area contributed by atoms with E-state index in [1.54, 1.807) is 7.11 Å². The molecule has 3 atom stereocenters. The first-order valence-corrected chi connectivity index (χ1v) is 9.33. The number of benzene rings is 1. The van der Waals surface area contributed by atoms with Gasteiger partial charge in [0.15, 0.2) is 0 Å². The molecular formula is C18H24BrN3O. The molecular weight excluding hydrogens is 354 g/mol. The topological polar surface area (TPSA) is 39.1 Å². The summed E-state index contributed by atoms with van der Waals surface area (Å²) in [4.78, 5) is 0. The van der Waals surface area contributed by atoms with Gasteiger partial charge in [0, 0.05) is 24.2 Å². The number of fused-ring (bicyclic) bond motifs is 1. The smallest absolute Gasteiger partial charge is 0.135 e. The van der Waals surface area contributed by atoms with Crippen molar-refractivity contribution in [2.45, 2.75) is 38.6 Å². The molecule has 2 aliphatic rings. The highest BCUT2D eigenvalue weighted by atomic mass is 79.9. The first-order valence-electron chi connectivity index (χ1n) is 8.53. The largest absolute Gasteiger partial charge is 0.495 e. The molecule has 4 rings (SSSR count). The molecule has 1 aliphatic carbocycles. The lowest BCUT2D eigenvalue weighted by atomic mass is 9.67. The zero-order valence-corrected chi connectivity index (χ0v) is 15.4. The summed E-state index contributed by atoms with van der Waals surface area (Å²) >= 11 is 3.57. The number of hydrogen-bond donors (Lipinski definition) is 1. The second-order valence-corrected chi connectivity index (χ2v) is 8.22. The van der Waals surface area contributed by atoms with Gasteiger partial charge in [-0.25, -0.2) is 0 Å². The Kier molecular flexibility index (Phi) is 3.88. The van der Waals surface area contributed by atoms with Crippen molar-refractivity contribution >= 4 is 26.8 Å². The molecule has 2 aromatic rings. The second-order valence-electron chi connectivity index (χ2n) is 7.37. The monoisotopic (exact) mass is 377 g/mol. The first kappa shape index (κ1) is 15.5. The normalized spacial score (nSPS) is 31.1. The van der Waals surface area contributed by atoms with Crippen LogP contribution >= 0.6 is 15.9 Å². The molecule has 0 unspecified atom stereocenters. The van der Waals surface area contributed by atoms with Crippen LogP contribution in [-0.4, -0.2) is 30.0 Å². The van der Waals surface area contributed by atoms with E-state index < -0.39 is 0 Å². The maximum Gasteiger partial charge on any atom is 0.135 e. The molecule has 2 heterocycles. The lowest BCUT2D eigenvalue weighted by molar-refractivity contribution is 0.111. The fraction of sp³-hybridized carbons (Fsp3) is 0.611. The van der Waals surface area contributed by atoms with Crippen molar-refractivity contribution in [3.63, 3.8) is 0 Å². The third-order valence-electron chi connectivity index (χ3n) is 5.85. The van der Waals surface area contributed by atoms with Gasteiger partial charge >= 0.3 is 0 Å². The third kappa shape index (κ3) is 2.68. The zero-order chi connectivity index (χ0) is 16.0. The van der Waals surface area contributed by atoms with Gasteiger partial charge in [0.2, 0.25) is 0 Å². The van der Waals surface area contributed by atoms with Crippen LogP contribution in [0.15, 0.2) is 22.8 Å². The van der Waals surface area contributed by atoms with Gasteiger partial charge in [-0.15, -0.1) is 0 Å². The van der Waals surface area contributed by atoms with E-state index in [0.717, 1.165) is 15.7 Å². The van der Waals surface area contributed by atoms with Crippen LogP contribution in [0.4, 0.5) is 0 Å². The molecule has 1 aromatic carbocycles. The molecule has 1 spiro atoms. The van der Waals surface area contributed by atoms with Crippen LogP contribution in [0.25, 0.3) is 10.9 Å². The van der Waals surface area contributed by atoms with Crippen molar-refractivity contribution in [1.29, 1.82) is 0 Å². The summed E-state index contributed by atoms with van der Waals surface area (Å²) in [5.41, 5.74) is 1.56. The minimum Gasteiger partial charge on any atom is -0.495 e. The highest BCUT2D eigenvalue weighted by molar-refractivity contribution is 9.10. The van der Waals surface area contributed by atoms with Crippen LogP contribution in [0.5, 0.6) is 5.75 Å². The number of aromatic nitrogens is 2. The van der Waals surface area contributed by atoms with Crippen molar-refractivity contribution in [3.05, 3.63) is 22.8 Å². The summed E-state index contributed by atoms with van der Waals surface area (Å²) in [5.74, 6) is 1.51. The Morgan fingerprint density at radius 3 is 2.96 bits per heavy atom. The SMILES string of the molecule is COc1cc2nn([C@H]3CC[C@]4(CCNC4)C[C@@H]3C)cc2cc1Br. The van der Waals surface area contributed by atoms with E-state index in [9.17, 15) is 0 Å². The van der Waals surface area contributed by atoms with Gasteiger partial charge in [-0.05, 0) is 65.6 Å². The van der Waals surface area contributed by atoms with Crippen molar-refractivity contribution in [1.82, 2.24) is 15.1 Å². The van der Waals surface area contributed by atoms with Gasteiger partial charge < -0.3 is 10.1 Å². The molecule has 4 nitrogen and oxygen atoms in total. The summed E-state index contributed by atoms with van der Waals surface area (Å²) in [7, 11) is 1.70. The standard InChI is InChI=1S/C18H24BrN3O/c1-12-9-18(5-6-20-11-18)4-3-16(12)22-10-13-7-14(19)17(23-2)8-15(13)21-22/h7-8,10,12,16,20H,3-6,9,11H2,1-2H3/t12-,16-,18-/m0/s1. The van der Waals surface area contributed by atoms with Gasteiger partial charge in [0.1, 0.15) is 5.75 Å². The minimum absolute atomic E-state index is 0.512. The van der Waals surface area contributed by atoms with Crippen LogP contribution in [0.3, 0.4) is 0 Å². The number of nitrogens with one attached hydrogen (secondary N) is 1. The Hall–Kier alpha value is -1.07. The average molecular weight is 378 g/mol. The fourth-order valence-electron chi connectivity index (χ4n) is 4.61. The maximum absolute atomic E-state index is 5.39. The lowest BCUT2D eigenvalue weighted by Gasteiger charge is -2.41. The average Bonchev–Trinajstić information content (AvgIpc) is 3.13. The van der Waals surface area contributed by atoms with Gasteiger partial charge in [-0.2, -0.15) is 5.10 Å². The highest BCUT2D eigenvalue weighted by Crippen LogP contribution is 2.47. The van der Waals surface area contributed by atoms with Crippen LogP contribution in [-0.2, 0) is 0 Å². The molecule has 1 N–H and O–H groups in total. The Labute approximate surface area is 145 Å². The number of hydrogen-bond acceptors (Lipinski definition) is 3. The molecule has 1 saturated carbocycles. The van der Waals surface area contributed by atoms with E-state index in [-0.39, 0.29) is 0 Å². The van der Waals surface area contributed by atoms with Gasteiger partial charge in [-0.3, -0.25) is 4.68 Å². The van der Waals surface area contributed by atoms with E-state index in [1.165, 1.54) is 44.2 Å². The summed E-state index contributed by atoms with van der Waals surface area (Å²) < 4.78 is 8.58. The zero-order valence-electron chi connectivity index (χ0n) is 13.8. The van der Waals surface area contributed by atoms with Crippen LogP contribution < -0.4 is 10.1 Å². The van der Waals surface area contributed by atoms with E-state index in [1.807, 2.05) is 6.07 Å². The fourth-order valence-corrected chi connectivity index (χ4v) is 5.13. The summed E-state index contributed by atoms with van der Waals surface area (Å²) in [6, 6.07) is 4.64. The molecule has 124 valence electrons. The minimum atomic E-state index is 0.512. The predicted octanol–water partition coefficient (Wildman–Crippen LogP) is 4.15. The predicted molar refractivity (Wildman–Crippen MR) is 96.0 cm³/mol. The Bertz CT molecular complexity index is 720. The molecule has 1 aliphatic heterocycles. The number of ether oxygens (including phenoxy) is 1. The van der Waals surface area contributed by atoms with Crippen molar-refractivity contribution < 1.29 is 4.74 Å². The van der Waals surface area contributed by atoms with Crippen molar-refractivity contribution in [3.8, 4) is 5.75 Å². The summed E-state index contributed by atoms with van der Waals surface area (Å²) in [6.45, 7) is 4.79. The van der Waals surface area contributed by atoms with E-state index in [2.05, 4.69) is 45.1 Å². The van der Waals surface area contributed by atoms with Crippen molar-refractivity contribution in [2.24, 2.45) is 11.3 Å². The molecule has 23 heavy (non-hydrogen) atoms. The second kappa shape index (κ2) is 5.78. The molecule has 0 bridgehead atoms. The Morgan fingerprint density at radius 2 is 2.26 bits per heavy atom. The number of methoxy groups -OCH3 is 1. The van der Waals surface area contributed by atoms with Crippen molar-refractivity contribution in [2.75, 3.05) is 20.2 Å². The summed E-state index contributed by atoms with van der Waals surface area (Å²) in [6.07, 6.45) is 7.40. The highest BCUT2D eigenvalue weighted by Gasteiger charge is 2.41. The molecule has 1 saturated heterocycles. The summed E-state index contributed by atoms with van der Waals surface area (Å²) in [5, 5.41) is 9.58. The number of nitrogens with zero attached hydrogens (tertiary/aromatic N) is 2. The Balaban J connectivity index is 1.61. The quantitative estimate of drug-likeness (QED) is 0.854. The van der Waals surface area contributed by atoms with Crippen LogP contribution in [0.1, 0.15) is 38.6 Å². The number of rotatable bonds is 2.